The normalized spacial score (nSPS) is 13.0. The maximum absolute atomic E-state index is 12.3. The smallest absolute Gasteiger partial charge is 0.391 e. The molecule has 1 aromatic rings. The Morgan fingerprint density at radius 2 is 1.94 bits per heavy atom. The molecule has 0 aliphatic carbocycles. The van der Waals surface area contributed by atoms with Gasteiger partial charge < -0.3 is 5.11 Å². The number of nitrogens with zero attached hydrogens (tertiary/aromatic N) is 2. The number of aliphatic hydroxyl groups is 1. The molecule has 3 nitrogen and oxygen atoms in total. The van der Waals surface area contributed by atoms with Crippen molar-refractivity contribution in [1.29, 1.82) is 0 Å². The molecule has 1 rings (SSSR count). The summed E-state index contributed by atoms with van der Waals surface area (Å²) in [6.45, 7) is 6.90. The number of hydrogen-bond donors (Lipinski definition) is 1. The third-order valence-electron chi connectivity index (χ3n) is 1.66. The van der Waals surface area contributed by atoms with Crippen molar-refractivity contribution in [3.05, 3.63) is 17.5 Å². The Bertz CT molecular complexity index is 318. The molecule has 1 atom stereocenters. The van der Waals surface area contributed by atoms with E-state index < -0.39 is 18.0 Å². The number of alkyl halides is 3. The van der Waals surface area contributed by atoms with Crippen LogP contribution in [-0.4, -0.2) is 21.0 Å². The molecule has 0 radical (unpaired) electrons. The van der Waals surface area contributed by atoms with Crippen molar-refractivity contribution in [3.8, 4) is 0 Å². The number of halogens is 3. The van der Waals surface area contributed by atoms with Gasteiger partial charge in [0, 0.05) is 6.20 Å². The second-order valence-corrected chi connectivity index (χ2v) is 3.23. The number of aromatic nitrogens is 2. The molecule has 94 valence electrons. The van der Waals surface area contributed by atoms with E-state index in [4.69, 9.17) is 5.11 Å². The van der Waals surface area contributed by atoms with E-state index in [1.807, 2.05) is 13.8 Å². The van der Waals surface area contributed by atoms with Crippen LogP contribution in [0.15, 0.2) is 6.20 Å². The molecule has 0 bridgehead atoms. The van der Waals surface area contributed by atoms with Gasteiger partial charge in [-0.2, -0.15) is 18.3 Å². The average molecular weight is 238 g/mol. The van der Waals surface area contributed by atoms with Crippen LogP contribution in [-0.2, 0) is 12.7 Å². The Labute approximate surface area is 92.9 Å². The number of aliphatic hydroxyl groups excluding tert-OH is 1. The molecule has 6 heteroatoms. The Morgan fingerprint density at radius 3 is 2.25 bits per heavy atom. The predicted octanol–water partition coefficient (Wildman–Crippen LogP) is 2.62. The Kier molecular flexibility index (Phi) is 5.50. The molecule has 1 unspecified atom stereocenters. The van der Waals surface area contributed by atoms with E-state index in [0.717, 1.165) is 4.68 Å². The van der Waals surface area contributed by atoms with Crippen molar-refractivity contribution < 1.29 is 18.3 Å². The molecule has 0 saturated carbocycles. The van der Waals surface area contributed by atoms with Gasteiger partial charge in [0.15, 0.2) is 5.69 Å². The van der Waals surface area contributed by atoms with Crippen molar-refractivity contribution in [2.45, 2.75) is 46.5 Å². The summed E-state index contributed by atoms with van der Waals surface area (Å²) in [6, 6.07) is 0. The zero-order valence-electron chi connectivity index (χ0n) is 9.84. The fourth-order valence-electron chi connectivity index (χ4n) is 1.17. The van der Waals surface area contributed by atoms with Gasteiger partial charge in [0.05, 0.1) is 12.6 Å². The quantitative estimate of drug-likeness (QED) is 0.860. The summed E-state index contributed by atoms with van der Waals surface area (Å²) in [6.07, 6.45) is -3.86. The molecule has 0 aliphatic heterocycles. The maximum Gasteiger partial charge on any atom is 0.435 e. The van der Waals surface area contributed by atoms with Crippen LogP contribution in [0.5, 0.6) is 0 Å². The predicted molar refractivity (Wildman–Crippen MR) is 55.0 cm³/mol. The van der Waals surface area contributed by atoms with E-state index in [0.29, 0.717) is 0 Å². The third kappa shape index (κ3) is 4.22. The molecule has 0 fully saturated rings. The van der Waals surface area contributed by atoms with E-state index in [1.54, 1.807) is 0 Å². The topological polar surface area (TPSA) is 38.0 Å². The SMILES string of the molecule is CC.Cc1cn(CC(C)O)nc1C(F)(F)F. The summed E-state index contributed by atoms with van der Waals surface area (Å²) >= 11 is 0. The minimum absolute atomic E-state index is 0.0664. The zero-order chi connectivity index (χ0) is 12.9. The van der Waals surface area contributed by atoms with Crippen LogP contribution in [0, 0.1) is 6.92 Å². The van der Waals surface area contributed by atoms with Gasteiger partial charge in [-0.25, -0.2) is 0 Å². The number of rotatable bonds is 2. The first-order valence-corrected chi connectivity index (χ1v) is 5.10. The molecule has 1 heterocycles. The van der Waals surface area contributed by atoms with Crippen LogP contribution in [0.4, 0.5) is 13.2 Å². The van der Waals surface area contributed by atoms with Crippen LogP contribution < -0.4 is 0 Å². The van der Waals surface area contributed by atoms with E-state index >= 15 is 0 Å². The second kappa shape index (κ2) is 5.89. The molecule has 1 aromatic heterocycles. The van der Waals surface area contributed by atoms with Gasteiger partial charge in [-0.15, -0.1) is 0 Å². The van der Waals surface area contributed by atoms with Crippen molar-refractivity contribution in [2.75, 3.05) is 0 Å². The molecule has 0 spiro atoms. The highest BCUT2D eigenvalue weighted by Crippen LogP contribution is 2.30. The van der Waals surface area contributed by atoms with Gasteiger partial charge in [-0.3, -0.25) is 4.68 Å². The molecule has 16 heavy (non-hydrogen) atoms. The maximum atomic E-state index is 12.3. The van der Waals surface area contributed by atoms with Crippen LogP contribution >= 0.6 is 0 Å². The van der Waals surface area contributed by atoms with Crippen molar-refractivity contribution in [2.24, 2.45) is 0 Å². The summed E-state index contributed by atoms with van der Waals surface area (Å²) in [5.74, 6) is 0. The summed E-state index contributed by atoms with van der Waals surface area (Å²) in [4.78, 5) is 0. The lowest BCUT2D eigenvalue weighted by Gasteiger charge is -2.04. The molecule has 0 aliphatic rings. The van der Waals surface area contributed by atoms with E-state index in [-0.39, 0.29) is 12.1 Å². The summed E-state index contributed by atoms with van der Waals surface area (Å²) < 4.78 is 37.9. The lowest BCUT2D eigenvalue weighted by atomic mass is 10.3. The molecule has 0 aromatic carbocycles. The van der Waals surface area contributed by atoms with Gasteiger partial charge in [0.2, 0.25) is 0 Å². The molecule has 0 saturated heterocycles. The fraction of sp³-hybridized carbons (Fsp3) is 0.700. The van der Waals surface area contributed by atoms with Crippen LogP contribution in [0.3, 0.4) is 0 Å². The first kappa shape index (κ1) is 15.0. The average Bonchev–Trinajstić information content (AvgIpc) is 2.48. The lowest BCUT2D eigenvalue weighted by Crippen LogP contribution is -2.14. The van der Waals surface area contributed by atoms with Gasteiger partial charge >= 0.3 is 6.18 Å². The Morgan fingerprint density at radius 1 is 1.44 bits per heavy atom. The van der Waals surface area contributed by atoms with Gasteiger partial charge in [-0.1, -0.05) is 13.8 Å². The largest absolute Gasteiger partial charge is 0.435 e. The van der Waals surface area contributed by atoms with Crippen molar-refractivity contribution in [1.82, 2.24) is 9.78 Å². The minimum atomic E-state index is -4.42. The van der Waals surface area contributed by atoms with Crippen molar-refractivity contribution >= 4 is 0 Å². The highest BCUT2D eigenvalue weighted by Gasteiger charge is 2.35. The van der Waals surface area contributed by atoms with Crippen LogP contribution in [0.1, 0.15) is 32.0 Å². The number of aryl methyl sites for hydroxylation is 1. The monoisotopic (exact) mass is 238 g/mol. The third-order valence-corrected chi connectivity index (χ3v) is 1.66. The highest BCUT2D eigenvalue weighted by molar-refractivity contribution is 5.17. The fourth-order valence-corrected chi connectivity index (χ4v) is 1.17. The minimum Gasteiger partial charge on any atom is -0.391 e. The van der Waals surface area contributed by atoms with Gasteiger partial charge in [0.1, 0.15) is 0 Å². The highest BCUT2D eigenvalue weighted by atomic mass is 19.4. The molecule has 1 N–H and O–H groups in total. The number of hydrogen-bond acceptors (Lipinski definition) is 2. The Hall–Kier alpha value is -1.04. The van der Waals surface area contributed by atoms with Crippen LogP contribution in [0.25, 0.3) is 0 Å². The summed E-state index contributed by atoms with van der Waals surface area (Å²) in [7, 11) is 0. The molecule has 0 amide bonds. The van der Waals surface area contributed by atoms with Crippen molar-refractivity contribution in [3.63, 3.8) is 0 Å². The lowest BCUT2D eigenvalue weighted by molar-refractivity contribution is -0.142. The van der Waals surface area contributed by atoms with Gasteiger partial charge in [0.25, 0.3) is 0 Å². The first-order valence-electron chi connectivity index (χ1n) is 5.10. The molecular formula is C10H17F3N2O. The zero-order valence-corrected chi connectivity index (χ0v) is 9.84. The first-order chi connectivity index (χ1) is 7.30. The van der Waals surface area contributed by atoms with E-state index in [2.05, 4.69) is 5.10 Å². The Balaban J connectivity index is 0.00000106. The van der Waals surface area contributed by atoms with Gasteiger partial charge in [-0.05, 0) is 19.4 Å². The standard InChI is InChI=1S/C8H11F3N2O.C2H6/c1-5-3-13(4-6(2)14)12-7(5)8(9,10)11;1-2/h3,6,14H,4H2,1-2H3;1-2H3. The van der Waals surface area contributed by atoms with Crippen LogP contribution in [0.2, 0.25) is 0 Å². The summed E-state index contributed by atoms with van der Waals surface area (Å²) in [5, 5.41) is 12.3. The van der Waals surface area contributed by atoms with E-state index in [9.17, 15) is 13.2 Å². The second-order valence-electron chi connectivity index (χ2n) is 3.23. The van der Waals surface area contributed by atoms with E-state index in [1.165, 1.54) is 20.0 Å². The molecular weight excluding hydrogens is 221 g/mol. The summed E-state index contributed by atoms with van der Waals surface area (Å²) in [5.41, 5.74) is -0.823.